The number of rotatable bonds is 13. The number of pyridine rings is 2. The van der Waals surface area contributed by atoms with Gasteiger partial charge in [0.1, 0.15) is 27.7 Å². The number of nitrogens with zero attached hydrogens (tertiary/aromatic N) is 7. The largest absolute Gasteiger partial charge is 0.299 e. The molecule has 0 amide bonds. The van der Waals surface area contributed by atoms with E-state index in [2.05, 4.69) is 30.5 Å². The Morgan fingerprint density at radius 3 is 2.64 bits per heavy atom. The fraction of sp³-hybridized carbons (Fsp3) is 0.360. The molecule has 4 aromatic rings. The second-order valence-electron chi connectivity index (χ2n) is 8.51. The fourth-order valence-electron chi connectivity index (χ4n) is 3.59. The SMILES string of the molecule is Cc1ccnc(CCC(=O)c2cn(CC(F)CCc3nnc(CC(=O)Cc4ccccn4)s3)nn2)c1. The van der Waals surface area contributed by atoms with E-state index in [0.29, 0.717) is 28.6 Å². The van der Waals surface area contributed by atoms with Crippen molar-refractivity contribution in [1.29, 1.82) is 0 Å². The molecular weight excluding hydrogens is 481 g/mol. The van der Waals surface area contributed by atoms with E-state index in [1.54, 1.807) is 18.5 Å². The van der Waals surface area contributed by atoms with Gasteiger partial charge in [0, 0.05) is 43.0 Å². The zero-order chi connectivity index (χ0) is 25.3. The van der Waals surface area contributed by atoms with Crippen LogP contribution in [0.15, 0.2) is 48.9 Å². The Morgan fingerprint density at radius 2 is 1.83 bits per heavy atom. The second-order valence-corrected chi connectivity index (χ2v) is 9.66. The molecule has 4 rings (SSSR count). The molecule has 4 heterocycles. The van der Waals surface area contributed by atoms with Crippen LogP contribution in [0.2, 0.25) is 0 Å². The Kier molecular flexibility index (Phi) is 8.66. The van der Waals surface area contributed by atoms with Crippen LogP contribution in [0.25, 0.3) is 0 Å². The summed E-state index contributed by atoms with van der Waals surface area (Å²) in [4.78, 5) is 33.1. The molecule has 11 heteroatoms. The first-order valence-electron chi connectivity index (χ1n) is 11.7. The third kappa shape index (κ3) is 7.64. The van der Waals surface area contributed by atoms with Crippen molar-refractivity contribution >= 4 is 22.9 Å². The lowest BCUT2D eigenvalue weighted by molar-refractivity contribution is -0.117. The van der Waals surface area contributed by atoms with Crippen molar-refractivity contribution in [2.45, 2.75) is 58.2 Å². The number of hydrogen-bond donors (Lipinski definition) is 0. The highest BCUT2D eigenvalue weighted by molar-refractivity contribution is 7.11. The van der Waals surface area contributed by atoms with Gasteiger partial charge in [0.2, 0.25) is 0 Å². The summed E-state index contributed by atoms with van der Waals surface area (Å²) in [5.41, 5.74) is 2.87. The predicted molar refractivity (Wildman–Crippen MR) is 131 cm³/mol. The standard InChI is InChI=1S/C25H26FN7O2S/c1-17-9-11-28-20(12-17)6-7-23(35)22-16-33(32-29-22)15-18(26)5-8-24-30-31-25(36-24)14-21(34)13-19-4-2-3-10-27-19/h2-4,9-12,16,18H,5-8,13-15H2,1H3. The van der Waals surface area contributed by atoms with E-state index < -0.39 is 6.17 Å². The van der Waals surface area contributed by atoms with E-state index in [1.807, 2.05) is 31.2 Å². The number of halogens is 1. The number of aromatic nitrogens is 7. The van der Waals surface area contributed by atoms with Crippen molar-refractivity contribution in [3.8, 4) is 0 Å². The van der Waals surface area contributed by atoms with Gasteiger partial charge in [-0.2, -0.15) is 0 Å². The van der Waals surface area contributed by atoms with Crippen molar-refractivity contribution in [3.05, 3.63) is 81.6 Å². The zero-order valence-electron chi connectivity index (χ0n) is 19.9. The molecule has 0 N–H and O–H groups in total. The van der Waals surface area contributed by atoms with E-state index in [1.165, 1.54) is 22.2 Å². The van der Waals surface area contributed by atoms with Gasteiger partial charge in [-0.15, -0.1) is 26.6 Å². The van der Waals surface area contributed by atoms with E-state index in [4.69, 9.17) is 0 Å². The van der Waals surface area contributed by atoms with Crippen molar-refractivity contribution in [2.75, 3.05) is 0 Å². The Hall–Kier alpha value is -3.73. The Morgan fingerprint density at radius 1 is 1.00 bits per heavy atom. The van der Waals surface area contributed by atoms with Gasteiger partial charge in [0.15, 0.2) is 5.78 Å². The molecule has 186 valence electrons. The molecule has 4 aromatic heterocycles. The summed E-state index contributed by atoms with van der Waals surface area (Å²) in [5.74, 6) is -0.148. The van der Waals surface area contributed by atoms with Gasteiger partial charge in [-0.3, -0.25) is 19.6 Å². The van der Waals surface area contributed by atoms with Gasteiger partial charge in [-0.25, -0.2) is 9.07 Å². The fourth-order valence-corrected chi connectivity index (χ4v) is 4.48. The molecule has 0 spiro atoms. The zero-order valence-corrected chi connectivity index (χ0v) is 20.7. The van der Waals surface area contributed by atoms with Crippen LogP contribution in [0.3, 0.4) is 0 Å². The Labute approximate surface area is 211 Å². The van der Waals surface area contributed by atoms with Crippen LogP contribution < -0.4 is 0 Å². The molecule has 0 saturated heterocycles. The molecule has 0 aromatic carbocycles. The molecule has 0 aliphatic heterocycles. The summed E-state index contributed by atoms with van der Waals surface area (Å²) in [7, 11) is 0. The smallest absolute Gasteiger partial charge is 0.185 e. The normalized spacial score (nSPS) is 11.9. The highest BCUT2D eigenvalue weighted by Crippen LogP contribution is 2.16. The maximum Gasteiger partial charge on any atom is 0.185 e. The average Bonchev–Trinajstić information content (AvgIpc) is 3.51. The van der Waals surface area contributed by atoms with Crippen molar-refractivity contribution in [3.63, 3.8) is 0 Å². The van der Waals surface area contributed by atoms with Crippen LogP contribution in [-0.2, 0) is 37.0 Å². The van der Waals surface area contributed by atoms with E-state index >= 15 is 0 Å². The van der Waals surface area contributed by atoms with E-state index in [0.717, 1.165) is 11.3 Å². The predicted octanol–water partition coefficient (Wildman–Crippen LogP) is 3.37. The summed E-state index contributed by atoms with van der Waals surface area (Å²) in [6, 6.07) is 9.30. The van der Waals surface area contributed by atoms with Crippen LogP contribution in [0, 0.1) is 6.92 Å². The first kappa shape index (κ1) is 25.4. The minimum absolute atomic E-state index is 0.00597. The Balaban J connectivity index is 1.20. The number of ketones is 2. The van der Waals surface area contributed by atoms with Crippen LogP contribution in [-0.4, -0.2) is 52.9 Å². The molecule has 0 aliphatic rings. The number of Topliss-reactive ketones (excluding diaryl/α,β-unsaturated/α-hetero) is 2. The molecule has 1 atom stereocenters. The average molecular weight is 508 g/mol. The lowest BCUT2D eigenvalue weighted by Gasteiger charge is -2.06. The topological polar surface area (TPSA) is 116 Å². The molecule has 0 radical (unpaired) electrons. The quantitative estimate of drug-likeness (QED) is 0.253. The lowest BCUT2D eigenvalue weighted by atomic mass is 10.1. The summed E-state index contributed by atoms with van der Waals surface area (Å²) in [5, 5.41) is 17.2. The highest BCUT2D eigenvalue weighted by Gasteiger charge is 2.16. The third-order valence-corrected chi connectivity index (χ3v) is 6.41. The van der Waals surface area contributed by atoms with Crippen molar-refractivity contribution < 1.29 is 14.0 Å². The number of alkyl halides is 1. The molecule has 0 aliphatic carbocycles. The number of carbonyl (C=O) groups excluding carboxylic acids is 2. The van der Waals surface area contributed by atoms with Crippen LogP contribution >= 0.6 is 11.3 Å². The number of hydrogen-bond acceptors (Lipinski definition) is 9. The molecule has 1 unspecified atom stereocenters. The van der Waals surface area contributed by atoms with Gasteiger partial charge in [0.25, 0.3) is 0 Å². The number of aryl methyl sites for hydroxylation is 3. The third-order valence-electron chi connectivity index (χ3n) is 5.42. The molecule has 0 fully saturated rings. The minimum atomic E-state index is -1.19. The van der Waals surface area contributed by atoms with Crippen LogP contribution in [0.5, 0.6) is 0 Å². The summed E-state index contributed by atoms with van der Waals surface area (Å²) in [6.07, 6.45) is 5.49. The van der Waals surface area contributed by atoms with E-state index in [9.17, 15) is 14.0 Å². The summed E-state index contributed by atoms with van der Waals surface area (Å²) in [6.45, 7) is 1.97. The lowest BCUT2D eigenvalue weighted by Crippen LogP contribution is -2.13. The molecule has 0 bridgehead atoms. The summed E-state index contributed by atoms with van der Waals surface area (Å²) < 4.78 is 15.9. The van der Waals surface area contributed by atoms with E-state index in [-0.39, 0.29) is 49.5 Å². The van der Waals surface area contributed by atoms with Crippen molar-refractivity contribution in [2.24, 2.45) is 0 Å². The first-order chi connectivity index (χ1) is 17.4. The maximum atomic E-state index is 14.6. The minimum Gasteiger partial charge on any atom is -0.299 e. The molecule has 0 saturated carbocycles. The monoisotopic (exact) mass is 507 g/mol. The van der Waals surface area contributed by atoms with Gasteiger partial charge in [0.05, 0.1) is 19.2 Å². The van der Waals surface area contributed by atoms with Crippen LogP contribution in [0.4, 0.5) is 4.39 Å². The molecular formula is C25H26FN7O2S. The van der Waals surface area contributed by atoms with Crippen molar-refractivity contribution in [1.82, 2.24) is 35.2 Å². The van der Waals surface area contributed by atoms with Gasteiger partial charge < -0.3 is 0 Å². The van der Waals surface area contributed by atoms with Gasteiger partial charge in [-0.1, -0.05) is 11.3 Å². The molecule has 36 heavy (non-hydrogen) atoms. The van der Waals surface area contributed by atoms with Gasteiger partial charge >= 0.3 is 0 Å². The maximum absolute atomic E-state index is 14.6. The first-order valence-corrected chi connectivity index (χ1v) is 12.5. The Bertz CT molecular complexity index is 1310. The highest BCUT2D eigenvalue weighted by atomic mass is 32.1. The number of carbonyl (C=O) groups is 2. The van der Waals surface area contributed by atoms with Gasteiger partial charge in [-0.05, 0) is 49.6 Å². The second kappa shape index (κ2) is 12.3. The molecule has 9 nitrogen and oxygen atoms in total. The summed E-state index contributed by atoms with van der Waals surface area (Å²) >= 11 is 1.32. The van der Waals surface area contributed by atoms with Crippen LogP contribution in [0.1, 0.15) is 50.3 Å².